The number of methoxy groups -OCH3 is 2. The number of furan rings is 1. The minimum Gasteiger partial charge on any atom is -0.459 e. The van der Waals surface area contributed by atoms with Crippen molar-refractivity contribution in [3.8, 4) is 0 Å². The van der Waals surface area contributed by atoms with E-state index in [-0.39, 0.29) is 17.6 Å². The predicted molar refractivity (Wildman–Crippen MR) is 103 cm³/mol. The van der Waals surface area contributed by atoms with Crippen LogP contribution in [0, 0.1) is 0 Å². The van der Waals surface area contributed by atoms with Crippen LogP contribution in [0.4, 0.5) is 0 Å². The molecule has 0 bridgehead atoms. The van der Waals surface area contributed by atoms with Crippen molar-refractivity contribution in [3.63, 3.8) is 0 Å². The SMILES string of the molecule is COCCN(CCOC)C(=O)[C@@H]1Cc2ccccc2CN1C(=O)c1ccco1. The Labute approximate surface area is 164 Å². The number of hydrogen-bond donors (Lipinski definition) is 0. The van der Waals surface area contributed by atoms with E-state index in [2.05, 4.69) is 0 Å². The quantitative estimate of drug-likeness (QED) is 0.694. The van der Waals surface area contributed by atoms with Crippen LogP contribution in [0.1, 0.15) is 21.7 Å². The average molecular weight is 386 g/mol. The van der Waals surface area contributed by atoms with Gasteiger partial charge >= 0.3 is 0 Å². The number of benzene rings is 1. The van der Waals surface area contributed by atoms with Crippen molar-refractivity contribution in [3.05, 3.63) is 59.5 Å². The molecule has 1 aromatic carbocycles. The third-order valence-electron chi connectivity index (χ3n) is 4.97. The second-order valence-corrected chi connectivity index (χ2v) is 6.71. The molecule has 0 spiro atoms. The van der Waals surface area contributed by atoms with Crippen molar-refractivity contribution in [1.29, 1.82) is 0 Å². The van der Waals surface area contributed by atoms with E-state index < -0.39 is 6.04 Å². The molecule has 3 rings (SSSR count). The molecule has 28 heavy (non-hydrogen) atoms. The van der Waals surface area contributed by atoms with Gasteiger partial charge in [-0.05, 0) is 23.3 Å². The molecule has 2 heterocycles. The van der Waals surface area contributed by atoms with E-state index in [1.165, 1.54) is 6.26 Å². The molecule has 0 N–H and O–H groups in total. The van der Waals surface area contributed by atoms with Gasteiger partial charge in [-0.15, -0.1) is 0 Å². The standard InChI is InChI=1S/C21H26N2O5/c1-26-12-9-22(10-13-27-2)20(24)18-14-16-6-3-4-7-17(16)15-23(18)21(25)19-8-5-11-28-19/h3-8,11,18H,9-10,12-15H2,1-2H3/t18-/m0/s1. The Morgan fingerprint density at radius 3 is 2.36 bits per heavy atom. The second-order valence-electron chi connectivity index (χ2n) is 6.71. The van der Waals surface area contributed by atoms with Crippen LogP contribution in [-0.4, -0.2) is 68.2 Å². The second kappa shape index (κ2) is 9.52. The number of nitrogens with zero attached hydrogens (tertiary/aromatic N) is 2. The first-order chi connectivity index (χ1) is 13.7. The topological polar surface area (TPSA) is 72.2 Å². The van der Waals surface area contributed by atoms with Gasteiger partial charge in [0.2, 0.25) is 5.91 Å². The molecule has 0 fully saturated rings. The maximum atomic E-state index is 13.4. The highest BCUT2D eigenvalue weighted by Gasteiger charge is 2.37. The van der Waals surface area contributed by atoms with Gasteiger partial charge in [0, 0.05) is 40.3 Å². The first kappa shape index (κ1) is 20.1. The van der Waals surface area contributed by atoms with E-state index in [0.717, 1.165) is 11.1 Å². The van der Waals surface area contributed by atoms with Crippen molar-refractivity contribution < 1.29 is 23.5 Å². The van der Waals surface area contributed by atoms with Crippen LogP contribution in [0.2, 0.25) is 0 Å². The zero-order chi connectivity index (χ0) is 19.9. The predicted octanol–water partition coefficient (Wildman–Crippen LogP) is 1.97. The average Bonchev–Trinajstić information content (AvgIpc) is 3.27. The number of fused-ring (bicyclic) bond motifs is 1. The molecule has 1 aliphatic heterocycles. The lowest BCUT2D eigenvalue weighted by molar-refractivity contribution is -0.138. The smallest absolute Gasteiger partial charge is 0.290 e. The van der Waals surface area contributed by atoms with Crippen molar-refractivity contribution in [1.82, 2.24) is 9.80 Å². The third kappa shape index (κ3) is 4.43. The van der Waals surface area contributed by atoms with E-state index in [9.17, 15) is 9.59 Å². The number of ether oxygens (including phenoxy) is 2. The molecule has 0 saturated carbocycles. The highest BCUT2D eigenvalue weighted by atomic mass is 16.5. The van der Waals surface area contributed by atoms with Gasteiger partial charge in [-0.2, -0.15) is 0 Å². The molecule has 150 valence electrons. The summed E-state index contributed by atoms with van der Waals surface area (Å²) in [5, 5.41) is 0. The highest BCUT2D eigenvalue weighted by Crippen LogP contribution is 2.26. The van der Waals surface area contributed by atoms with Gasteiger partial charge in [-0.25, -0.2) is 0 Å². The Morgan fingerprint density at radius 2 is 1.75 bits per heavy atom. The number of hydrogen-bond acceptors (Lipinski definition) is 5. The van der Waals surface area contributed by atoms with E-state index >= 15 is 0 Å². The van der Waals surface area contributed by atoms with Crippen LogP contribution in [-0.2, 0) is 27.2 Å². The maximum Gasteiger partial charge on any atom is 0.290 e. The Hall–Kier alpha value is -2.64. The molecule has 7 heteroatoms. The van der Waals surface area contributed by atoms with Gasteiger partial charge in [0.25, 0.3) is 5.91 Å². The van der Waals surface area contributed by atoms with Crippen molar-refractivity contribution in [2.24, 2.45) is 0 Å². The van der Waals surface area contributed by atoms with Crippen LogP contribution < -0.4 is 0 Å². The normalized spacial score (nSPS) is 15.9. The number of rotatable bonds is 8. The summed E-state index contributed by atoms with van der Waals surface area (Å²) in [5.74, 6) is -0.155. The van der Waals surface area contributed by atoms with Crippen molar-refractivity contribution in [2.75, 3.05) is 40.5 Å². The summed E-state index contributed by atoms with van der Waals surface area (Å²) in [5.41, 5.74) is 2.13. The van der Waals surface area contributed by atoms with Gasteiger partial charge in [-0.1, -0.05) is 24.3 Å². The maximum absolute atomic E-state index is 13.4. The van der Waals surface area contributed by atoms with Gasteiger partial charge < -0.3 is 23.7 Å². The first-order valence-corrected chi connectivity index (χ1v) is 9.33. The van der Waals surface area contributed by atoms with Gasteiger partial charge in [0.05, 0.1) is 19.5 Å². The molecule has 7 nitrogen and oxygen atoms in total. The summed E-state index contributed by atoms with van der Waals surface area (Å²) >= 11 is 0. The van der Waals surface area contributed by atoms with E-state index in [0.29, 0.717) is 39.3 Å². The van der Waals surface area contributed by atoms with Crippen LogP contribution in [0.15, 0.2) is 47.1 Å². The van der Waals surface area contributed by atoms with Crippen LogP contribution >= 0.6 is 0 Å². The van der Waals surface area contributed by atoms with E-state index in [1.54, 1.807) is 36.2 Å². The Morgan fingerprint density at radius 1 is 1.07 bits per heavy atom. The van der Waals surface area contributed by atoms with Gasteiger partial charge in [0.15, 0.2) is 5.76 Å². The fourth-order valence-corrected chi connectivity index (χ4v) is 3.44. The van der Waals surface area contributed by atoms with Crippen molar-refractivity contribution >= 4 is 11.8 Å². The lowest BCUT2D eigenvalue weighted by atomic mass is 9.93. The Kier molecular flexibility index (Phi) is 6.84. The molecule has 2 amide bonds. The summed E-state index contributed by atoms with van der Waals surface area (Å²) in [6.07, 6.45) is 1.93. The monoisotopic (exact) mass is 386 g/mol. The highest BCUT2D eigenvalue weighted by molar-refractivity contribution is 5.96. The first-order valence-electron chi connectivity index (χ1n) is 9.33. The summed E-state index contributed by atoms with van der Waals surface area (Å²) in [4.78, 5) is 29.8. The number of carbonyl (C=O) groups excluding carboxylic acids is 2. The zero-order valence-electron chi connectivity index (χ0n) is 16.3. The van der Waals surface area contributed by atoms with Crippen LogP contribution in [0.5, 0.6) is 0 Å². The largest absolute Gasteiger partial charge is 0.459 e. The third-order valence-corrected chi connectivity index (χ3v) is 4.97. The van der Waals surface area contributed by atoms with Gasteiger partial charge in [-0.3, -0.25) is 9.59 Å². The van der Waals surface area contributed by atoms with Gasteiger partial charge in [0.1, 0.15) is 6.04 Å². The molecule has 0 saturated heterocycles. The zero-order valence-corrected chi connectivity index (χ0v) is 16.3. The molecule has 0 aliphatic carbocycles. The molecular weight excluding hydrogens is 360 g/mol. The Bertz CT molecular complexity index is 782. The molecule has 2 aromatic rings. The van der Waals surface area contributed by atoms with Crippen molar-refractivity contribution in [2.45, 2.75) is 19.0 Å². The fourth-order valence-electron chi connectivity index (χ4n) is 3.44. The van der Waals surface area contributed by atoms with E-state index in [1.807, 2.05) is 24.3 Å². The number of amides is 2. The molecule has 1 aliphatic rings. The summed E-state index contributed by atoms with van der Waals surface area (Å²) in [7, 11) is 3.20. The summed E-state index contributed by atoms with van der Waals surface area (Å²) < 4.78 is 15.6. The molecule has 1 atom stereocenters. The van der Waals surface area contributed by atoms with Crippen LogP contribution in [0.25, 0.3) is 0 Å². The minimum atomic E-state index is -0.596. The van der Waals surface area contributed by atoms with Crippen LogP contribution in [0.3, 0.4) is 0 Å². The molecular formula is C21H26N2O5. The summed E-state index contributed by atoms with van der Waals surface area (Å²) in [6, 6.07) is 10.6. The minimum absolute atomic E-state index is 0.108. The Balaban J connectivity index is 1.89. The summed E-state index contributed by atoms with van der Waals surface area (Å²) in [6.45, 7) is 2.10. The van der Waals surface area contributed by atoms with E-state index in [4.69, 9.17) is 13.9 Å². The molecule has 1 aromatic heterocycles. The fraction of sp³-hybridized carbons (Fsp3) is 0.429. The lowest BCUT2D eigenvalue weighted by Gasteiger charge is -2.38. The molecule has 0 radical (unpaired) electrons. The lowest BCUT2D eigenvalue weighted by Crippen LogP contribution is -2.54. The molecule has 0 unspecified atom stereocenters. The number of carbonyl (C=O) groups is 2.